The van der Waals surface area contributed by atoms with Gasteiger partial charge in [-0.05, 0) is 61.2 Å². The summed E-state index contributed by atoms with van der Waals surface area (Å²) in [6, 6.07) is 22.9. The minimum absolute atomic E-state index is 0.740. The normalized spacial score (nSPS) is 15.5. The summed E-state index contributed by atoms with van der Waals surface area (Å²) in [6.45, 7) is 3.16. The van der Waals surface area contributed by atoms with Crippen LogP contribution in [-0.4, -0.2) is 41.2 Å². The number of pyridine rings is 1. The molecule has 0 spiro atoms. The van der Waals surface area contributed by atoms with E-state index in [-0.39, 0.29) is 0 Å². The predicted octanol–water partition coefficient (Wildman–Crippen LogP) is 5.02. The Kier molecular flexibility index (Phi) is 6.23. The van der Waals surface area contributed by atoms with Gasteiger partial charge in [-0.2, -0.15) is 5.26 Å². The number of nitriles is 1. The minimum Gasteiger partial charge on any atom is -0.352 e. The summed E-state index contributed by atoms with van der Waals surface area (Å²) in [5, 5.41) is 14.2. The average Bonchev–Trinajstić information content (AvgIpc) is 2.89. The van der Waals surface area contributed by atoms with Gasteiger partial charge in [0.15, 0.2) is 5.11 Å². The van der Waals surface area contributed by atoms with E-state index in [1.807, 2.05) is 36.4 Å². The molecule has 0 amide bonds. The van der Waals surface area contributed by atoms with E-state index in [9.17, 15) is 5.26 Å². The van der Waals surface area contributed by atoms with Crippen LogP contribution >= 0.6 is 12.2 Å². The molecule has 0 saturated carbocycles. The van der Waals surface area contributed by atoms with E-state index in [0.29, 0.717) is 0 Å². The van der Waals surface area contributed by atoms with Crippen molar-refractivity contribution in [2.24, 2.45) is 0 Å². The molecule has 2 aliphatic rings. The van der Waals surface area contributed by atoms with Crippen molar-refractivity contribution in [1.29, 1.82) is 5.26 Å². The van der Waals surface area contributed by atoms with Crippen LogP contribution < -0.4 is 10.2 Å². The number of hydrogen-bond donors (Lipinski definition) is 1. The summed E-state index contributed by atoms with van der Waals surface area (Å²) in [7, 11) is 0. The van der Waals surface area contributed by atoms with E-state index in [4.69, 9.17) is 17.2 Å². The smallest absolute Gasteiger partial charge is 0.173 e. The van der Waals surface area contributed by atoms with Gasteiger partial charge in [-0.25, -0.2) is 4.98 Å². The maximum atomic E-state index is 10.1. The molecule has 1 aliphatic heterocycles. The molecule has 0 atom stereocenters. The number of fused-ring (bicyclic) bond motifs is 1. The van der Waals surface area contributed by atoms with Crippen molar-refractivity contribution in [3.05, 3.63) is 77.4 Å². The number of thiocarbonyl (C=S) groups is 1. The lowest BCUT2D eigenvalue weighted by Gasteiger charge is -2.38. The fourth-order valence-electron chi connectivity index (χ4n) is 4.83. The molecule has 166 valence electrons. The summed E-state index contributed by atoms with van der Waals surface area (Å²) < 4.78 is 0. The number of hydrogen-bond acceptors (Lipinski definition) is 4. The van der Waals surface area contributed by atoms with E-state index in [1.54, 1.807) is 0 Å². The first kappa shape index (κ1) is 21.4. The maximum Gasteiger partial charge on any atom is 0.173 e. The summed E-state index contributed by atoms with van der Waals surface area (Å²) >= 11 is 5.65. The Morgan fingerprint density at radius 3 is 2.18 bits per heavy atom. The van der Waals surface area contributed by atoms with E-state index in [2.05, 4.69) is 45.5 Å². The van der Waals surface area contributed by atoms with Crippen LogP contribution in [-0.2, 0) is 12.8 Å². The highest BCUT2D eigenvalue weighted by atomic mass is 32.1. The van der Waals surface area contributed by atoms with Gasteiger partial charge in [-0.1, -0.05) is 48.5 Å². The van der Waals surface area contributed by atoms with Crippen molar-refractivity contribution < 1.29 is 0 Å². The van der Waals surface area contributed by atoms with Crippen LogP contribution in [0.1, 0.15) is 29.5 Å². The second-order valence-corrected chi connectivity index (χ2v) is 8.96. The maximum absolute atomic E-state index is 10.1. The summed E-state index contributed by atoms with van der Waals surface area (Å²) in [6.07, 6.45) is 4.24. The lowest BCUT2D eigenvalue weighted by atomic mass is 9.86. The van der Waals surface area contributed by atoms with Crippen molar-refractivity contribution in [3.8, 4) is 17.3 Å². The molecule has 33 heavy (non-hydrogen) atoms. The Morgan fingerprint density at radius 2 is 1.52 bits per heavy atom. The van der Waals surface area contributed by atoms with E-state index in [0.717, 1.165) is 85.3 Å². The third-order valence-electron chi connectivity index (χ3n) is 6.55. The number of rotatable bonds is 3. The fourth-order valence-corrected chi connectivity index (χ4v) is 5.13. The molecule has 1 N–H and O–H groups in total. The SMILES string of the molecule is N#Cc1c(N2CCN(C(=S)Nc3ccccc3)CC2)nc(-c2ccccc2)c2c1CCCC2. The van der Waals surface area contributed by atoms with Gasteiger partial charge < -0.3 is 15.1 Å². The number of para-hydroxylation sites is 1. The van der Waals surface area contributed by atoms with Gasteiger partial charge >= 0.3 is 0 Å². The van der Waals surface area contributed by atoms with Gasteiger partial charge in [-0.15, -0.1) is 0 Å². The largest absolute Gasteiger partial charge is 0.352 e. The fraction of sp³-hybridized carbons (Fsp3) is 0.296. The Balaban J connectivity index is 1.41. The van der Waals surface area contributed by atoms with Crippen molar-refractivity contribution in [2.45, 2.75) is 25.7 Å². The third kappa shape index (κ3) is 4.42. The first-order valence-electron chi connectivity index (χ1n) is 11.6. The highest BCUT2D eigenvalue weighted by molar-refractivity contribution is 7.80. The zero-order valence-corrected chi connectivity index (χ0v) is 19.4. The Hall–Kier alpha value is -3.43. The number of nitrogens with one attached hydrogen (secondary N) is 1. The zero-order valence-electron chi connectivity index (χ0n) is 18.6. The number of aromatic nitrogens is 1. The number of piperazine rings is 1. The average molecular weight is 454 g/mol. The number of nitrogens with zero attached hydrogens (tertiary/aromatic N) is 4. The number of benzene rings is 2. The molecule has 1 fully saturated rings. The Morgan fingerprint density at radius 1 is 0.879 bits per heavy atom. The van der Waals surface area contributed by atoms with E-state index < -0.39 is 0 Å². The van der Waals surface area contributed by atoms with Crippen LogP contribution in [0.5, 0.6) is 0 Å². The molecule has 5 nitrogen and oxygen atoms in total. The molecule has 2 aromatic carbocycles. The van der Waals surface area contributed by atoms with Gasteiger partial charge in [-0.3, -0.25) is 0 Å². The third-order valence-corrected chi connectivity index (χ3v) is 6.91. The number of anilines is 2. The van der Waals surface area contributed by atoms with Gasteiger partial charge in [0.2, 0.25) is 0 Å². The van der Waals surface area contributed by atoms with Crippen LogP contribution in [0.25, 0.3) is 11.3 Å². The van der Waals surface area contributed by atoms with Gasteiger partial charge in [0, 0.05) is 37.4 Å². The second kappa shape index (κ2) is 9.60. The molecule has 1 aromatic heterocycles. The first-order valence-corrected chi connectivity index (χ1v) is 12.0. The molecule has 2 heterocycles. The highest BCUT2D eigenvalue weighted by Gasteiger charge is 2.28. The molecule has 3 aromatic rings. The Bertz CT molecular complexity index is 1180. The summed E-state index contributed by atoms with van der Waals surface area (Å²) in [5.74, 6) is 0.832. The van der Waals surface area contributed by atoms with Gasteiger partial charge in [0.25, 0.3) is 0 Å². The van der Waals surface area contributed by atoms with Crippen LogP contribution in [0.2, 0.25) is 0 Å². The second-order valence-electron chi connectivity index (χ2n) is 8.57. The molecular formula is C27H27N5S. The molecule has 0 bridgehead atoms. The summed E-state index contributed by atoms with van der Waals surface area (Å²) in [4.78, 5) is 9.59. The molecule has 6 heteroatoms. The molecule has 0 unspecified atom stereocenters. The zero-order chi connectivity index (χ0) is 22.6. The van der Waals surface area contributed by atoms with Crippen LogP contribution in [0.15, 0.2) is 60.7 Å². The predicted molar refractivity (Wildman–Crippen MR) is 137 cm³/mol. The van der Waals surface area contributed by atoms with Crippen molar-refractivity contribution >= 4 is 28.8 Å². The van der Waals surface area contributed by atoms with Crippen LogP contribution in [0.4, 0.5) is 11.5 Å². The van der Waals surface area contributed by atoms with E-state index >= 15 is 0 Å². The lowest BCUT2D eigenvalue weighted by Crippen LogP contribution is -2.50. The van der Waals surface area contributed by atoms with Crippen molar-refractivity contribution in [2.75, 3.05) is 36.4 Å². The standard InChI is InChI=1S/C27H27N5S/c28-19-24-22-13-7-8-14-23(22)25(20-9-3-1-4-10-20)30-26(24)31-15-17-32(18-16-31)27(33)29-21-11-5-2-6-12-21/h1-6,9-12H,7-8,13-18H2,(H,29,33). The molecule has 1 aliphatic carbocycles. The topological polar surface area (TPSA) is 55.2 Å². The monoisotopic (exact) mass is 453 g/mol. The lowest BCUT2D eigenvalue weighted by molar-refractivity contribution is 0.389. The van der Waals surface area contributed by atoms with Crippen LogP contribution in [0.3, 0.4) is 0 Å². The quantitative estimate of drug-likeness (QED) is 0.562. The van der Waals surface area contributed by atoms with E-state index in [1.165, 1.54) is 11.1 Å². The van der Waals surface area contributed by atoms with Crippen LogP contribution in [0, 0.1) is 11.3 Å². The molecular weight excluding hydrogens is 426 g/mol. The van der Waals surface area contributed by atoms with Crippen molar-refractivity contribution in [1.82, 2.24) is 9.88 Å². The molecule has 1 saturated heterocycles. The van der Waals surface area contributed by atoms with Crippen molar-refractivity contribution in [3.63, 3.8) is 0 Å². The first-order chi connectivity index (χ1) is 16.2. The molecule has 5 rings (SSSR count). The molecule has 0 radical (unpaired) electrons. The Labute approximate surface area is 200 Å². The van der Waals surface area contributed by atoms with Gasteiger partial charge in [0.1, 0.15) is 11.9 Å². The summed E-state index contributed by atoms with van der Waals surface area (Å²) in [5.41, 5.74) is 6.41. The van der Waals surface area contributed by atoms with Gasteiger partial charge in [0.05, 0.1) is 11.3 Å². The minimum atomic E-state index is 0.740. The highest BCUT2D eigenvalue weighted by Crippen LogP contribution is 2.36.